The number of benzene rings is 2. The van der Waals surface area contributed by atoms with Gasteiger partial charge in [0.05, 0.1) is 23.4 Å². The number of carbonyl (C=O) groups is 1. The molecule has 1 aliphatic heterocycles. The molecule has 0 aromatic heterocycles. The van der Waals surface area contributed by atoms with Crippen LogP contribution in [0.4, 0.5) is 11.4 Å². The number of rotatable bonds is 8. The Morgan fingerprint density at radius 3 is 2.44 bits per heavy atom. The summed E-state index contributed by atoms with van der Waals surface area (Å²) in [5.74, 6) is 0.103. The van der Waals surface area contributed by atoms with E-state index in [2.05, 4.69) is 0 Å². The van der Waals surface area contributed by atoms with Crippen molar-refractivity contribution in [1.29, 1.82) is 0 Å². The predicted octanol–water partition coefficient (Wildman–Crippen LogP) is 1.69. The summed E-state index contributed by atoms with van der Waals surface area (Å²) in [6.45, 7) is 2.21. The highest BCUT2D eigenvalue weighted by atomic mass is 32.2. The van der Waals surface area contributed by atoms with Gasteiger partial charge in [-0.1, -0.05) is 6.07 Å². The minimum Gasteiger partial charge on any atom is -0.494 e. The first-order valence-corrected chi connectivity index (χ1v) is 13.3. The Kier molecular flexibility index (Phi) is 6.82. The van der Waals surface area contributed by atoms with Crippen LogP contribution < -0.4 is 13.9 Å². The van der Waals surface area contributed by atoms with E-state index in [1.54, 1.807) is 36.4 Å². The van der Waals surface area contributed by atoms with E-state index in [9.17, 15) is 21.6 Å². The molecule has 0 unspecified atom stereocenters. The van der Waals surface area contributed by atoms with Gasteiger partial charge in [0.25, 0.3) is 0 Å². The smallest absolute Gasteiger partial charge is 0.247 e. The van der Waals surface area contributed by atoms with Crippen LogP contribution in [0.2, 0.25) is 0 Å². The number of nitrogens with zero attached hydrogens (tertiary/aromatic N) is 3. The fourth-order valence-electron chi connectivity index (χ4n) is 3.51. The second-order valence-electron chi connectivity index (χ2n) is 7.57. The number of fused-ring (bicyclic) bond motifs is 1. The van der Waals surface area contributed by atoms with Crippen LogP contribution >= 0.6 is 0 Å². The average Bonchev–Trinajstić information content (AvgIpc) is 3.14. The van der Waals surface area contributed by atoms with Crippen LogP contribution in [-0.2, 0) is 31.3 Å². The molecule has 1 heterocycles. The van der Waals surface area contributed by atoms with E-state index in [1.807, 2.05) is 6.92 Å². The molecule has 11 heteroatoms. The maximum atomic E-state index is 13.1. The number of anilines is 2. The molecule has 0 aliphatic carbocycles. The molecule has 1 aliphatic rings. The van der Waals surface area contributed by atoms with Crippen LogP contribution in [0.5, 0.6) is 5.75 Å². The SMILES string of the molecule is CCOc1cccc(N(CC(=O)N2CCc3cc(S(=O)(=O)N(C)C)ccc32)S(C)(=O)=O)c1. The van der Waals surface area contributed by atoms with Crippen LogP contribution in [-0.4, -0.2) is 67.1 Å². The highest BCUT2D eigenvalue weighted by Gasteiger charge is 2.30. The Morgan fingerprint density at radius 2 is 1.81 bits per heavy atom. The number of hydrogen-bond acceptors (Lipinski definition) is 6. The number of carbonyl (C=O) groups excluding carboxylic acids is 1. The Labute approximate surface area is 189 Å². The van der Waals surface area contributed by atoms with Gasteiger partial charge in [-0.25, -0.2) is 21.1 Å². The molecule has 174 valence electrons. The van der Waals surface area contributed by atoms with Crippen molar-refractivity contribution in [3.63, 3.8) is 0 Å². The lowest BCUT2D eigenvalue weighted by Crippen LogP contribution is -2.42. The number of amides is 1. The first kappa shape index (κ1) is 24.0. The molecule has 9 nitrogen and oxygen atoms in total. The second-order valence-corrected chi connectivity index (χ2v) is 11.6. The Balaban J connectivity index is 1.88. The Hall–Kier alpha value is -2.63. The van der Waals surface area contributed by atoms with E-state index in [4.69, 9.17) is 4.74 Å². The minimum absolute atomic E-state index is 0.154. The highest BCUT2D eigenvalue weighted by Crippen LogP contribution is 2.32. The Bertz CT molecular complexity index is 1230. The quantitative estimate of drug-likeness (QED) is 0.568. The third kappa shape index (κ3) is 4.89. The van der Waals surface area contributed by atoms with Crippen molar-refractivity contribution in [3.8, 4) is 5.75 Å². The van der Waals surface area contributed by atoms with Crippen LogP contribution in [0.25, 0.3) is 0 Å². The summed E-state index contributed by atoms with van der Waals surface area (Å²) in [6, 6.07) is 11.2. The fraction of sp³-hybridized carbons (Fsp3) is 0.381. The van der Waals surface area contributed by atoms with Crippen molar-refractivity contribution in [2.45, 2.75) is 18.2 Å². The van der Waals surface area contributed by atoms with E-state index in [1.165, 1.54) is 25.1 Å². The molecule has 32 heavy (non-hydrogen) atoms. The average molecular weight is 482 g/mol. The van der Waals surface area contributed by atoms with Gasteiger partial charge in [0.1, 0.15) is 12.3 Å². The molecular formula is C21H27N3O6S2. The largest absolute Gasteiger partial charge is 0.494 e. The summed E-state index contributed by atoms with van der Waals surface area (Å²) in [6.07, 6.45) is 1.53. The maximum Gasteiger partial charge on any atom is 0.247 e. The molecule has 0 bridgehead atoms. The van der Waals surface area contributed by atoms with Crippen LogP contribution in [0.3, 0.4) is 0 Å². The summed E-state index contributed by atoms with van der Waals surface area (Å²) in [5, 5.41) is 0. The summed E-state index contributed by atoms with van der Waals surface area (Å²) < 4.78 is 57.3. The van der Waals surface area contributed by atoms with E-state index in [0.29, 0.717) is 36.7 Å². The van der Waals surface area contributed by atoms with Gasteiger partial charge in [-0.15, -0.1) is 0 Å². The van der Waals surface area contributed by atoms with Crippen molar-refractivity contribution in [2.75, 3.05) is 49.3 Å². The summed E-state index contributed by atoms with van der Waals surface area (Å²) in [5.41, 5.74) is 1.65. The lowest BCUT2D eigenvalue weighted by atomic mass is 10.2. The lowest BCUT2D eigenvalue weighted by Gasteiger charge is -2.25. The molecule has 0 radical (unpaired) electrons. The molecule has 0 fully saturated rings. The molecule has 0 spiro atoms. The molecule has 0 N–H and O–H groups in total. The van der Waals surface area contributed by atoms with Gasteiger partial charge in [-0.2, -0.15) is 0 Å². The van der Waals surface area contributed by atoms with E-state index in [0.717, 1.165) is 20.4 Å². The minimum atomic E-state index is -3.74. The molecule has 0 saturated heterocycles. The van der Waals surface area contributed by atoms with Gasteiger partial charge in [0, 0.05) is 32.4 Å². The van der Waals surface area contributed by atoms with E-state index in [-0.39, 0.29) is 11.4 Å². The molecule has 1 amide bonds. The van der Waals surface area contributed by atoms with Crippen molar-refractivity contribution < 1.29 is 26.4 Å². The van der Waals surface area contributed by atoms with Gasteiger partial charge < -0.3 is 9.64 Å². The van der Waals surface area contributed by atoms with Crippen molar-refractivity contribution >= 4 is 37.3 Å². The van der Waals surface area contributed by atoms with E-state index < -0.39 is 26.0 Å². The maximum absolute atomic E-state index is 13.1. The zero-order chi connectivity index (χ0) is 23.7. The zero-order valence-corrected chi connectivity index (χ0v) is 20.1. The molecule has 2 aromatic rings. The molecule has 0 saturated carbocycles. The topological polar surface area (TPSA) is 104 Å². The summed E-state index contributed by atoms with van der Waals surface area (Å²) in [7, 11) is -4.42. The molecule has 2 aromatic carbocycles. The normalized spacial score (nSPS) is 13.8. The highest BCUT2D eigenvalue weighted by molar-refractivity contribution is 7.92. The molecule has 0 atom stereocenters. The van der Waals surface area contributed by atoms with Crippen LogP contribution in [0, 0.1) is 0 Å². The standard InChI is InChI=1S/C21H27N3O6S2/c1-5-30-18-8-6-7-17(14-18)24(31(4,26)27)15-21(25)23-12-11-16-13-19(9-10-20(16)23)32(28,29)22(2)3/h6-10,13-14H,5,11-12,15H2,1-4H3. The molecular weight excluding hydrogens is 454 g/mol. The monoisotopic (exact) mass is 481 g/mol. The fourth-order valence-corrected chi connectivity index (χ4v) is 5.31. The number of ether oxygens (including phenoxy) is 1. The van der Waals surface area contributed by atoms with Crippen LogP contribution in [0.1, 0.15) is 12.5 Å². The zero-order valence-electron chi connectivity index (χ0n) is 18.5. The lowest BCUT2D eigenvalue weighted by molar-refractivity contribution is -0.117. The van der Waals surface area contributed by atoms with Crippen molar-refractivity contribution in [2.24, 2.45) is 0 Å². The predicted molar refractivity (Wildman–Crippen MR) is 123 cm³/mol. The van der Waals surface area contributed by atoms with Crippen molar-refractivity contribution in [1.82, 2.24) is 4.31 Å². The van der Waals surface area contributed by atoms with Gasteiger partial charge in [-0.05, 0) is 49.2 Å². The number of hydrogen-bond donors (Lipinski definition) is 0. The third-order valence-electron chi connectivity index (χ3n) is 5.12. The first-order valence-electron chi connectivity index (χ1n) is 10.0. The summed E-state index contributed by atoms with van der Waals surface area (Å²) in [4.78, 5) is 14.7. The second kappa shape index (κ2) is 9.08. The van der Waals surface area contributed by atoms with Gasteiger partial charge >= 0.3 is 0 Å². The third-order valence-corrected chi connectivity index (χ3v) is 8.07. The first-order chi connectivity index (χ1) is 14.9. The number of sulfonamides is 2. The Morgan fingerprint density at radius 1 is 1.09 bits per heavy atom. The van der Waals surface area contributed by atoms with Gasteiger partial charge in [0.15, 0.2) is 0 Å². The van der Waals surface area contributed by atoms with E-state index >= 15 is 0 Å². The molecule has 3 rings (SSSR count). The van der Waals surface area contributed by atoms with Crippen LogP contribution in [0.15, 0.2) is 47.4 Å². The summed E-state index contributed by atoms with van der Waals surface area (Å²) >= 11 is 0. The van der Waals surface area contributed by atoms with Crippen molar-refractivity contribution in [3.05, 3.63) is 48.0 Å². The van der Waals surface area contributed by atoms with Gasteiger partial charge in [-0.3, -0.25) is 9.10 Å². The van der Waals surface area contributed by atoms with Gasteiger partial charge in [0.2, 0.25) is 26.0 Å².